The molecule has 0 aromatic heterocycles. The summed E-state index contributed by atoms with van der Waals surface area (Å²) < 4.78 is 107. The number of aromatic carboxylic acids is 1. The van der Waals surface area contributed by atoms with Crippen LogP contribution in [0.3, 0.4) is 0 Å². The topological polar surface area (TPSA) is 349 Å². The van der Waals surface area contributed by atoms with Gasteiger partial charge in [0.25, 0.3) is 32.1 Å². The minimum Gasteiger partial charge on any atom is -0.478 e. The summed E-state index contributed by atoms with van der Waals surface area (Å²) in [4.78, 5) is 35.4. The summed E-state index contributed by atoms with van der Waals surface area (Å²) in [5.41, 5.74) is 4.11. The molecule has 0 fully saturated rings. The first-order valence-corrected chi connectivity index (χ1v) is 16.6. The number of nitrogens with one attached hydrogen (secondary N) is 2. The molecule has 1 aliphatic heterocycles. The number of amides is 2. The lowest BCUT2D eigenvalue weighted by Gasteiger charge is -2.20. The number of carboxylic acids is 1. The molecule has 0 bridgehead atoms. The molecule has 2 aliphatic rings. The molecule has 1 atom stereocenters. The Labute approximate surface area is 257 Å². The van der Waals surface area contributed by atoms with Crippen molar-refractivity contribution in [2.45, 2.75) is 15.8 Å². The summed E-state index contributed by atoms with van der Waals surface area (Å²) in [6, 6.07) is 5.28. The number of nitrogens with two attached hydrogens (primary N) is 3. The largest absolute Gasteiger partial charge is 0.478 e. The van der Waals surface area contributed by atoms with Crippen molar-refractivity contribution in [3.05, 3.63) is 58.9 Å². The van der Waals surface area contributed by atoms with E-state index < -0.39 is 103 Å². The number of carbonyl (C=O) groups excluding carboxylic acids is 2. The summed E-state index contributed by atoms with van der Waals surface area (Å²) in [6.45, 7) is 0. The van der Waals surface area contributed by atoms with Crippen LogP contribution in [-0.4, -0.2) is 73.6 Å². The van der Waals surface area contributed by atoms with Gasteiger partial charge in [-0.15, -0.1) is 0 Å². The molecule has 4 rings (SSSR count). The van der Waals surface area contributed by atoms with Crippen LogP contribution in [0.15, 0.2) is 56.7 Å². The van der Waals surface area contributed by atoms with Gasteiger partial charge in [0.15, 0.2) is 16.2 Å². The maximum atomic E-state index is 13.0. The first kappa shape index (κ1) is 33.9. The molecule has 1 heterocycles. The quantitative estimate of drug-likeness (QED) is 0.0220. The molecule has 2 amide bonds. The molecule has 0 radical (unpaired) electrons. The zero-order valence-corrected chi connectivity index (χ0v) is 25.1. The van der Waals surface area contributed by atoms with Crippen LogP contribution < -0.4 is 33.1 Å². The van der Waals surface area contributed by atoms with Gasteiger partial charge in [-0.1, -0.05) is 6.07 Å². The van der Waals surface area contributed by atoms with Crippen LogP contribution in [-0.2, 0) is 35.1 Å². The molecule has 0 spiro atoms. The number of benzene rings is 3. The van der Waals surface area contributed by atoms with E-state index in [0.717, 1.165) is 30.3 Å². The minimum atomic E-state index is -5.20. The fourth-order valence-electron chi connectivity index (χ4n) is 4.64. The number of carboxylic acid groups (broad SMARTS) is 1. The smallest absolute Gasteiger partial charge is 0.336 e. The van der Waals surface area contributed by atoms with Crippen LogP contribution >= 0.6 is 0 Å². The fourth-order valence-corrected chi connectivity index (χ4v) is 6.80. The number of anilines is 1. The third kappa shape index (κ3) is 6.52. The summed E-state index contributed by atoms with van der Waals surface area (Å²) in [6.07, 6.45) is 0. The molecule has 1 unspecified atom stereocenters. The number of hydrogen-bond acceptors (Lipinski definition) is 12. The van der Waals surface area contributed by atoms with Crippen molar-refractivity contribution in [2.75, 3.05) is 11.5 Å². The Morgan fingerprint density at radius 3 is 2.04 bits per heavy atom. The Bertz CT molecular complexity index is 2340. The van der Waals surface area contributed by atoms with Gasteiger partial charge in [0.2, 0.25) is 10.3 Å². The Kier molecular flexibility index (Phi) is 8.67. The third-order valence-electron chi connectivity index (χ3n) is 6.47. The van der Waals surface area contributed by atoms with Crippen molar-refractivity contribution in [1.29, 1.82) is 0 Å². The average molecular weight is 701 g/mol. The van der Waals surface area contributed by atoms with Crippen LogP contribution in [0.1, 0.15) is 20.7 Å². The van der Waals surface area contributed by atoms with Gasteiger partial charge in [-0.25, -0.2) is 10.6 Å². The van der Waals surface area contributed by atoms with Crippen molar-refractivity contribution in [2.24, 2.45) is 5.84 Å². The SMILES string of the molecule is NNC(=O)C(CS(=O)(=O)O)NC(=O)c1ccc(-c2c3ccc(=[NH2+])c(S(=O)(=O)O)c-3oc3c(S(=O)(=O)O)c(N)ccc23)c(C(=O)O)c1. The van der Waals surface area contributed by atoms with Crippen molar-refractivity contribution in [3.8, 4) is 22.5 Å². The molecule has 19 nitrogen and oxygen atoms in total. The molecule has 0 saturated heterocycles. The number of fused-ring (bicyclic) bond motifs is 2. The van der Waals surface area contributed by atoms with E-state index in [4.69, 9.17) is 26.0 Å². The van der Waals surface area contributed by atoms with E-state index in [2.05, 4.69) is 0 Å². The molecule has 0 saturated carbocycles. The highest BCUT2D eigenvalue weighted by Gasteiger charge is 2.33. The Balaban J connectivity index is 2.08. The van der Waals surface area contributed by atoms with Gasteiger partial charge in [-0.05, 0) is 35.9 Å². The molecule has 2 aromatic carbocycles. The molecular weight excluding hydrogens is 678 g/mol. The summed E-state index contributed by atoms with van der Waals surface area (Å²) in [5, 5.41) is 17.1. The van der Waals surface area contributed by atoms with Gasteiger partial charge < -0.3 is 20.6 Å². The lowest BCUT2D eigenvalue weighted by Crippen LogP contribution is -2.52. The predicted molar refractivity (Wildman–Crippen MR) is 154 cm³/mol. The lowest BCUT2D eigenvalue weighted by atomic mass is 9.89. The van der Waals surface area contributed by atoms with E-state index in [-0.39, 0.29) is 22.1 Å². The van der Waals surface area contributed by atoms with Gasteiger partial charge in [-0.2, -0.15) is 25.3 Å². The monoisotopic (exact) mass is 700 g/mol. The average Bonchev–Trinajstić information content (AvgIpc) is 2.92. The molecule has 1 aliphatic carbocycles. The highest BCUT2D eigenvalue weighted by molar-refractivity contribution is 7.86. The second-order valence-corrected chi connectivity index (χ2v) is 13.7. The van der Waals surface area contributed by atoms with Crippen LogP contribution in [0, 0.1) is 0 Å². The molecule has 46 heavy (non-hydrogen) atoms. The van der Waals surface area contributed by atoms with Gasteiger partial charge in [0.1, 0.15) is 11.8 Å². The number of rotatable bonds is 9. The van der Waals surface area contributed by atoms with Crippen LogP contribution in [0.4, 0.5) is 5.69 Å². The normalized spacial score (nSPS) is 13.0. The van der Waals surface area contributed by atoms with E-state index in [1.54, 1.807) is 5.43 Å². The second kappa shape index (κ2) is 11.8. The van der Waals surface area contributed by atoms with Gasteiger partial charge >= 0.3 is 16.1 Å². The van der Waals surface area contributed by atoms with Crippen molar-refractivity contribution >= 4 is 64.8 Å². The van der Waals surface area contributed by atoms with Crippen LogP contribution in [0.5, 0.6) is 0 Å². The Hall–Kier alpha value is -4.97. The molecule has 12 N–H and O–H groups in total. The fraction of sp³-hybridized carbons (Fsp3) is 0.0833. The van der Waals surface area contributed by atoms with E-state index in [9.17, 15) is 53.8 Å². The van der Waals surface area contributed by atoms with E-state index >= 15 is 0 Å². The van der Waals surface area contributed by atoms with Crippen molar-refractivity contribution in [1.82, 2.24) is 10.7 Å². The molecular formula is C24H22N5O14S3+. The maximum absolute atomic E-state index is 13.0. The lowest BCUT2D eigenvalue weighted by molar-refractivity contribution is -0.176. The zero-order chi connectivity index (χ0) is 34.5. The molecule has 244 valence electrons. The van der Waals surface area contributed by atoms with Crippen molar-refractivity contribution < 1.29 is 68.2 Å². The molecule has 2 aromatic rings. The molecule has 22 heteroatoms. The number of nitrogen functional groups attached to an aromatic ring is 1. The van der Waals surface area contributed by atoms with Crippen molar-refractivity contribution in [3.63, 3.8) is 0 Å². The Morgan fingerprint density at radius 1 is 0.891 bits per heavy atom. The van der Waals surface area contributed by atoms with Crippen LogP contribution in [0.2, 0.25) is 0 Å². The third-order valence-corrected chi connectivity index (χ3v) is 9.10. The predicted octanol–water partition coefficient (Wildman–Crippen LogP) is -2.39. The van der Waals surface area contributed by atoms with E-state index in [1.165, 1.54) is 12.1 Å². The first-order valence-electron chi connectivity index (χ1n) is 12.1. The second-order valence-electron chi connectivity index (χ2n) is 9.50. The standard InChI is InChI=1S/C24H21N5O14S3/c25-14-5-3-11-17(12-4-6-15(26)21(46(40,41)42)19(12)43-18(11)20(14)45(37,38)39)10-2-1-9(7-13(10)24(32)33)22(30)28-16(23(31)29-27)8-44(34,35)36/h1-7,16,25H,8,26-27H2,(H,28,30)(H,29,31)(H,32,33)(H,34,35,36)(H,37,38,39)(H,40,41,42)/p+1. The number of hydrazine groups is 1. The first-order chi connectivity index (χ1) is 21.2. The van der Waals surface area contributed by atoms with Gasteiger partial charge in [0, 0.05) is 28.1 Å². The Morgan fingerprint density at radius 2 is 1.50 bits per heavy atom. The highest BCUT2D eigenvalue weighted by atomic mass is 32.2. The summed E-state index contributed by atoms with van der Waals surface area (Å²) in [7, 11) is -15.2. The van der Waals surface area contributed by atoms with Gasteiger partial charge in [-0.3, -0.25) is 34.1 Å². The zero-order valence-electron chi connectivity index (χ0n) is 22.7. The number of hydrogen-bond donors (Lipinski definition) is 9. The van der Waals surface area contributed by atoms with Gasteiger partial charge in [0.05, 0.1) is 11.3 Å². The highest BCUT2D eigenvalue weighted by Crippen LogP contribution is 2.45. The van der Waals surface area contributed by atoms with E-state index in [0.29, 0.717) is 0 Å². The number of carbonyl (C=O) groups is 3. The maximum Gasteiger partial charge on any atom is 0.336 e. The summed E-state index contributed by atoms with van der Waals surface area (Å²) >= 11 is 0. The van der Waals surface area contributed by atoms with E-state index in [1.807, 2.05) is 5.32 Å². The minimum absolute atomic E-state index is 0.243. The van der Waals surface area contributed by atoms with Crippen LogP contribution in [0.25, 0.3) is 33.4 Å². The summed E-state index contributed by atoms with van der Waals surface area (Å²) in [5.74, 6) is -1.18.